The summed E-state index contributed by atoms with van der Waals surface area (Å²) in [4.78, 5) is 16.2. The van der Waals surface area contributed by atoms with Gasteiger partial charge in [-0.05, 0) is 49.7 Å². The molecule has 1 aromatic heterocycles. The lowest BCUT2D eigenvalue weighted by Gasteiger charge is -2.33. The maximum Gasteiger partial charge on any atom is 0.133 e. The molecular weight excluding hydrogens is 210 g/mol. The highest BCUT2D eigenvalue weighted by molar-refractivity contribution is 5.79. The highest BCUT2D eigenvalue weighted by Crippen LogP contribution is 2.41. The van der Waals surface area contributed by atoms with Crippen LogP contribution < -0.4 is 0 Å². The minimum atomic E-state index is 0.462. The average Bonchev–Trinajstić information content (AvgIpc) is 2.38. The third-order valence-electron chi connectivity index (χ3n) is 4.33. The molecule has 1 aromatic rings. The van der Waals surface area contributed by atoms with E-state index in [9.17, 15) is 4.79 Å². The Morgan fingerprint density at radius 2 is 2.06 bits per heavy atom. The Morgan fingerprint density at radius 3 is 2.94 bits per heavy atom. The maximum atomic E-state index is 11.6. The van der Waals surface area contributed by atoms with E-state index in [0.717, 1.165) is 19.3 Å². The molecule has 0 radical (unpaired) electrons. The molecule has 0 aromatic carbocycles. The van der Waals surface area contributed by atoms with Gasteiger partial charge in [-0.15, -0.1) is 0 Å². The predicted octanol–water partition coefficient (Wildman–Crippen LogP) is 3.26. The van der Waals surface area contributed by atoms with E-state index in [1.54, 1.807) is 0 Å². The highest BCUT2D eigenvalue weighted by atomic mass is 16.1. The summed E-state index contributed by atoms with van der Waals surface area (Å²) >= 11 is 0. The van der Waals surface area contributed by atoms with E-state index in [2.05, 4.69) is 11.1 Å². The number of aryl methyl sites for hydroxylation is 1. The van der Waals surface area contributed by atoms with Gasteiger partial charge in [0.25, 0.3) is 0 Å². The van der Waals surface area contributed by atoms with Crippen LogP contribution in [0.4, 0.5) is 0 Å². The Hall–Kier alpha value is -1.18. The van der Waals surface area contributed by atoms with Crippen LogP contribution in [0.25, 0.3) is 0 Å². The van der Waals surface area contributed by atoms with Crippen molar-refractivity contribution >= 4 is 5.78 Å². The molecule has 1 fully saturated rings. The quantitative estimate of drug-likeness (QED) is 0.739. The van der Waals surface area contributed by atoms with Crippen LogP contribution in [0.2, 0.25) is 0 Å². The lowest BCUT2D eigenvalue weighted by atomic mass is 9.72. The van der Waals surface area contributed by atoms with Crippen LogP contribution in [0, 0.1) is 5.92 Å². The number of ketones is 1. The van der Waals surface area contributed by atoms with Crippen LogP contribution in [-0.2, 0) is 11.2 Å². The van der Waals surface area contributed by atoms with Crippen molar-refractivity contribution < 1.29 is 4.79 Å². The first-order valence-electron chi connectivity index (χ1n) is 6.80. The van der Waals surface area contributed by atoms with Crippen LogP contribution in [0.3, 0.4) is 0 Å². The summed E-state index contributed by atoms with van der Waals surface area (Å²) in [5, 5.41) is 0. The fraction of sp³-hybridized carbons (Fsp3) is 0.600. The number of Topliss-reactive ketones (excluding diaryl/α,β-unsaturated/α-hetero) is 1. The second-order valence-electron chi connectivity index (χ2n) is 5.44. The Balaban J connectivity index is 1.87. The van der Waals surface area contributed by atoms with Gasteiger partial charge in [0.15, 0.2) is 0 Å². The van der Waals surface area contributed by atoms with Crippen molar-refractivity contribution in [2.75, 3.05) is 0 Å². The summed E-state index contributed by atoms with van der Waals surface area (Å²) < 4.78 is 0. The van der Waals surface area contributed by atoms with Crippen molar-refractivity contribution in [1.82, 2.24) is 4.98 Å². The largest absolute Gasteiger partial charge is 0.300 e. The summed E-state index contributed by atoms with van der Waals surface area (Å²) in [6.07, 6.45) is 9.45. The van der Waals surface area contributed by atoms with Gasteiger partial charge in [-0.2, -0.15) is 0 Å². The van der Waals surface area contributed by atoms with Crippen LogP contribution in [0.5, 0.6) is 0 Å². The lowest BCUT2D eigenvalue weighted by Crippen LogP contribution is -2.25. The monoisotopic (exact) mass is 229 g/mol. The Bertz CT molecular complexity index is 427. The number of carbonyl (C=O) groups is 1. The number of nitrogens with zero attached hydrogens (tertiary/aromatic N) is 1. The summed E-state index contributed by atoms with van der Waals surface area (Å²) in [6, 6.07) is 4.24. The number of hydrogen-bond acceptors (Lipinski definition) is 2. The molecule has 2 atom stereocenters. The number of aromatic nitrogens is 1. The van der Waals surface area contributed by atoms with Crippen LogP contribution >= 0.6 is 0 Å². The van der Waals surface area contributed by atoms with Gasteiger partial charge in [-0.1, -0.05) is 6.07 Å². The molecule has 0 aliphatic heterocycles. The molecule has 2 aliphatic rings. The summed E-state index contributed by atoms with van der Waals surface area (Å²) in [5.74, 6) is 1.57. The summed E-state index contributed by atoms with van der Waals surface area (Å²) in [7, 11) is 0. The van der Waals surface area contributed by atoms with E-state index in [1.165, 1.54) is 36.9 Å². The zero-order valence-corrected chi connectivity index (χ0v) is 10.2. The smallest absolute Gasteiger partial charge is 0.133 e. The zero-order chi connectivity index (χ0) is 11.7. The van der Waals surface area contributed by atoms with E-state index in [1.807, 2.05) is 12.3 Å². The lowest BCUT2D eigenvalue weighted by molar-refractivity contribution is -0.121. The summed E-state index contributed by atoms with van der Waals surface area (Å²) in [5.41, 5.74) is 2.71. The topological polar surface area (TPSA) is 30.0 Å². The molecular formula is C15H19NO. The minimum Gasteiger partial charge on any atom is -0.300 e. The van der Waals surface area contributed by atoms with Crippen molar-refractivity contribution in [2.45, 2.75) is 50.9 Å². The van der Waals surface area contributed by atoms with E-state index in [0.29, 0.717) is 17.6 Å². The van der Waals surface area contributed by atoms with E-state index in [-0.39, 0.29) is 0 Å². The number of carbonyl (C=O) groups excluding carboxylic acids is 1. The average molecular weight is 229 g/mol. The third-order valence-corrected chi connectivity index (χ3v) is 4.33. The fourth-order valence-electron chi connectivity index (χ4n) is 3.51. The molecule has 0 bridgehead atoms. The van der Waals surface area contributed by atoms with E-state index in [4.69, 9.17) is 0 Å². The van der Waals surface area contributed by atoms with Gasteiger partial charge in [0.05, 0.1) is 0 Å². The van der Waals surface area contributed by atoms with Gasteiger partial charge in [-0.25, -0.2) is 0 Å². The second kappa shape index (κ2) is 4.59. The molecule has 2 nitrogen and oxygen atoms in total. The Kier molecular flexibility index (Phi) is 2.96. The van der Waals surface area contributed by atoms with Crippen molar-refractivity contribution in [3.8, 4) is 0 Å². The molecule has 0 amide bonds. The van der Waals surface area contributed by atoms with Crippen molar-refractivity contribution in [1.29, 1.82) is 0 Å². The molecule has 0 N–H and O–H groups in total. The highest BCUT2D eigenvalue weighted by Gasteiger charge is 2.31. The standard InChI is InChI=1S/C15H19NO/c17-13-7-1-5-12(10-13)14-8-2-4-11-6-3-9-16-15(11)14/h3,6,9,12,14H,1-2,4-5,7-8,10H2. The molecule has 3 rings (SSSR count). The molecule has 0 saturated heterocycles. The van der Waals surface area contributed by atoms with Crippen LogP contribution in [0.15, 0.2) is 18.3 Å². The first kappa shape index (κ1) is 10.9. The van der Waals surface area contributed by atoms with Gasteiger partial charge < -0.3 is 0 Å². The Labute approximate surface area is 102 Å². The fourth-order valence-corrected chi connectivity index (χ4v) is 3.51. The Morgan fingerprint density at radius 1 is 1.18 bits per heavy atom. The van der Waals surface area contributed by atoms with Gasteiger partial charge in [-0.3, -0.25) is 9.78 Å². The van der Waals surface area contributed by atoms with Gasteiger partial charge in [0.2, 0.25) is 0 Å². The first-order chi connectivity index (χ1) is 8.34. The minimum absolute atomic E-state index is 0.462. The maximum absolute atomic E-state index is 11.6. The van der Waals surface area contributed by atoms with Crippen molar-refractivity contribution in [2.24, 2.45) is 5.92 Å². The number of rotatable bonds is 1. The third kappa shape index (κ3) is 2.13. The van der Waals surface area contributed by atoms with Gasteiger partial charge in [0, 0.05) is 30.7 Å². The molecule has 2 aliphatic carbocycles. The van der Waals surface area contributed by atoms with E-state index < -0.39 is 0 Å². The second-order valence-corrected chi connectivity index (χ2v) is 5.44. The number of hydrogen-bond donors (Lipinski definition) is 0. The van der Waals surface area contributed by atoms with Crippen molar-refractivity contribution in [3.05, 3.63) is 29.6 Å². The molecule has 2 unspecified atom stereocenters. The van der Waals surface area contributed by atoms with Gasteiger partial charge >= 0.3 is 0 Å². The van der Waals surface area contributed by atoms with Crippen LogP contribution in [-0.4, -0.2) is 10.8 Å². The molecule has 1 heterocycles. The predicted molar refractivity (Wildman–Crippen MR) is 66.9 cm³/mol. The molecule has 1 saturated carbocycles. The van der Waals surface area contributed by atoms with Gasteiger partial charge in [0.1, 0.15) is 5.78 Å². The summed E-state index contributed by atoms with van der Waals surface area (Å²) in [6.45, 7) is 0. The number of pyridine rings is 1. The first-order valence-corrected chi connectivity index (χ1v) is 6.80. The SMILES string of the molecule is O=C1CCCC(C2CCCc3cccnc32)C1. The molecule has 2 heteroatoms. The molecule has 17 heavy (non-hydrogen) atoms. The molecule has 0 spiro atoms. The van der Waals surface area contributed by atoms with Crippen LogP contribution in [0.1, 0.15) is 55.7 Å². The normalized spacial score (nSPS) is 28.8. The van der Waals surface area contributed by atoms with E-state index >= 15 is 0 Å². The van der Waals surface area contributed by atoms with Crippen molar-refractivity contribution in [3.63, 3.8) is 0 Å². The molecule has 90 valence electrons. The zero-order valence-electron chi connectivity index (χ0n) is 10.2. The number of fused-ring (bicyclic) bond motifs is 1.